The molecule has 5 heteroatoms. The molecule has 0 saturated heterocycles. The Kier molecular flexibility index (Phi) is 6.25. The van der Waals surface area contributed by atoms with E-state index in [-0.39, 0.29) is 24.2 Å². The molecular weight excluding hydrogens is 337 g/mol. The van der Waals surface area contributed by atoms with Gasteiger partial charge in [0.2, 0.25) is 0 Å². The fourth-order valence-electron chi connectivity index (χ4n) is 2.60. The number of aromatic hydroxyl groups is 1. The minimum absolute atomic E-state index is 0. The van der Waals surface area contributed by atoms with Crippen LogP contribution in [0.2, 0.25) is 5.02 Å². The highest BCUT2D eigenvalue weighted by atomic mass is 79.9. The fraction of sp³-hybridized carbons (Fsp3) is 0.538. The number of halogens is 3. The van der Waals surface area contributed by atoms with Crippen LogP contribution in [0.1, 0.15) is 43.7 Å². The topological polar surface area (TPSA) is 46.2 Å². The first-order chi connectivity index (χ1) is 8.11. The zero-order valence-corrected chi connectivity index (χ0v) is 13.2. The van der Waals surface area contributed by atoms with Crippen LogP contribution in [0.15, 0.2) is 16.6 Å². The highest BCUT2D eigenvalue weighted by Gasteiger charge is 2.26. The predicted octanol–water partition coefficient (Wildman–Crippen LogP) is 4.81. The molecule has 0 aliphatic heterocycles. The first-order valence-electron chi connectivity index (χ1n) is 6.03. The van der Waals surface area contributed by atoms with E-state index in [9.17, 15) is 5.11 Å². The lowest BCUT2D eigenvalue weighted by molar-refractivity contribution is 0.303. The molecule has 1 aliphatic carbocycles. The molecule has 2 rings (SSSR count). The standard InChI is InChI=1S/C13H17BrClNO.ClH/c14-9-6-7-10(15)11(13(9)17)12(16)8-4-2-1-3-5-8;/h6-8,12,17H,1-5,16H2;1H/t12-;/m1./s1. The summed E-state index contributed by atoms with van der Waals surface area (Å²) in [7, 11) is 0. The molecule has 1 aromatic carbocycles. The van der Waals surface area contributed by atoms with Crippen molar-refractivity contribution in [3.8, 4) is 5.75 Å². The molecule has 0 spiro atoms. The third-order valence-electron chi connectivity index (χ3n) is 3.61. The van der Waals surface area contributed by atoms with E-state index in [0.717, 1.165) is 12.8 Å². The van der Waals surface area contributed by atoms with Gasteiger partial charge in [0.05, 0.1) is 4.47 Å². The zero-order chi connectivity index (χ0) is 12.4. The van der Waals surface area contributed by atoms with Crippen molar-refractivity contribution in [2.75, 3.05) is 0 Å². The Hall–Kier alpha value is 0.0400. The van der Waals surface area contributed by atoms with E-state index in [2.05, 4.69) is 15.9 Å². The van der Waals surface area contributed by atoms with Crippen LogP contribution >= 0.6 is 39.9 Å². The van der Waals surface area contributed by atoms with E-state index in [0.29, 0.717) is 21.0 Å². The third kappa shape index (κ3) is 3.32. The summed E-state index contributed by atoms with van der Waals surface area (Å²) in [5, 5.41) is 10.6. The maximum absolute atomic E-state index is 10.1. The highest BCUT2D eigenvalue weighted by Crippen LogP contribution is 2.42. The van der Waals surface area contributed by atoms with Gasteiger partial charge in [0.25, 0.3) is 0 Å². The minimum Gasteiger partial charge on any atom is -0.506 e. The summed E-state index contributed by atoms with van der Waals surface area (Å²) in [6.45, 7) is 0. The van der Waals surface area contributed by atoms with Gasteiger partial charge in [-0.05, 0) is 46.8 Å². The normalized spacial score (nSPS) is 18.2. The third-order valence-corrected chi connectivity index (χ3v) is 4.58. The largest absolute Gasteiger partial charge is 0.506 e. The van der Waals surface area contributed by atoms with Crippen LogP contribution in [0.5, 0.6) is 5.75 Å². The van der Waals surface area contributed by atoms with Gasteiger partial charge < -0.3 is 10.8 Å². The Morgan fingerprint density at radius 2 is 1.89 bits per heavy atom. The van der Waals surface area contributed by atoms with Crippen LogP contribution in [-0.4, -0.2) is 5.11 Å². The quantitative estimate of drug-likeness (QED) is 0.800. The average Bonchev–Trinajstić information content (AvgIpc) is 2.35. The summed E-state index contributed by atoms with van der Waals surface area (Å²) >= 11 is 9.46. The molecule has 2 nitrogen and oxygen atoms in total. The Morgan fingerprint density at radius 3 is 2.50 bits per heavy atom. The first kappa shape index (κ1) is 16.1. The Morgan fingerprint density at radius 1 is 1.28 bits per heavy atom. The van der Waals surface area contributed by atoms with Gasteiger partial charge in [-0.15, -0.1) is 12.4 Å². The Labute approximate surface area is 127 Å². The molecule has 1 atom stereocenters. The molecule has 1 saturated carbocycles. The molecule has 0 aromatic heterocycles. The van der Waals surface area contributed by atoms with Crippen molar-refractivity contribution in [3.05, 3.63) is 27.2 Å². The monoisotopic (exact) mass is 353 g/mol. The lowest BCUT2D eigenvalue weighted by atomic mass is 9.81. The van der Waals surface area contributed by atoms with Crippen molar-refractivity contribution in [2.45, 2.75) is 38.1 Å². The molecule has 0 amide bonds. The summed E-state index contributed by atoms with van der Waals surface area (Å²) in [5.41, 5.74) is 6.96. The lowest BCUT2D eigenvalue weighted by Gasteiger charge is -2.28. The van der Waals surface area contributed by atoms with Gasteiger partial charge in [-0.25, -0.2) is 0 Å². The van der Waals surface area contributed by atoms with Crippen molar-refractivity contribution >= 4 is 39.9 Å². The van der Waals surface area contributed by atoms with Crippen LogP contribution in [0, 0.1) is 5.92 Å². The van der Waals surface area contributed by atoms with E-state index in [1.807, 2.05) is 0 Å². The lowest BCUT2D eigenvalue weighted by Crippen LogP contribution is -2.24. The second kappa shape index (κ2) is 6.99. The molecule has 1 aliphatic rings. The van der Waals surface area contributed by atoms with Gasteiger partial charge >= 0.3 is 0 Å². The van der Waals surface area contributed by atoms with Crippen LogP contribution < -0.4 is 5.73 Å². The summed E-state index contributed by atoms with van der Waals surface area (Å²) in [5.74, 6) is 0.622. The van der Waals surface area contributed by atoms with Crippen molar-refractivity contribution in [3.63, 3.8) is 0 Å². The van der Waals surface area contributed by atoms with Gasteiger partial charge in [-0.2, -0.15) is 0 Å². The second-order valence-corrected chi connectivity index (χ2v) is 5.98. The van der Waals surface area contributed by atoms with Gasteiger partial charge in [0.1, 0.15) is 5.75 Å². The second-order valence-electron chi connectivity index (χ2n) is 4.72. The summed E-state index contributed by atoms with van der Waals surface area (Å²) in [6, 6.07) is 3.36. The fourth-order valence-corrected chi connectivity index (χ4v) is 3.23. The summed E-state index contributed by atoms with van der Waals surface area (Å²) in [6.07, 6.45) is 6.00. The first-order valence-corrected chi connectivity index (χ1v) is 7.21. The molecule has 102 valence electrons. The van der Waals surface area contributed by atoms with Crippen molar-refractivity contribution in [1.82, 2.24) is 0 Å². The van der Waals surface area contributed by atoms with Gasteiger partial charge in [-0.1, -0.05) is 30.9 Å². The molecule has 0 heterocycles. The molecule has 1 aromatic rings. The summed E-state index contributed by atoms with van der Waals surface area (Å²) < 4.78 is 0.656. The van der Waals surface area contributed by atoms with Crippen molar-refractivity contribution in [2.24, 2.45) is 11.7 Å². The van der Waals surface area contributed by atoms with E-state index < -0.39 is 0 Å². The molecule has 1 fully saturated rings. The predicted molar refractivity (Wildman–Crippen MR) is 81.6 cm³/mol. The number of nitrogens with two attached hydrogens (primary N) is 1. The van der Waals surface area contributed by atoms with E-state index in [4.69, 9.17) is 17.3 Å². The Bertz CT molecular complexity index is 408. The van der Waals surface area contributed by atoms with Gasteiger partial charge in [0.15, 0.2) is 0 Å². The number of hydrogen-bond acceptors (Lipinski definition) is 2. The van der Waals surface area contributed by atoms with Gasteiger partial charge in [-0.3, -0.25) is 0 Å². The number of hydrogen-bond donors (Lipinski definition) is 2. The molecule has 3 N–H and O–H groups in total. The maximum atomic E-state index is 10.1. The van der Waals surface area contributed by atoms with E-state index in [1.165, 1.54) is 19.3 Å². The molecular formula is C13H18BrCl2NO. The zero-order valence-electron chi connectivity index (χ0n) is 10.0. The number of phenols is 1. The van der Waals surface area contributed by atoms with Gasteiger partial charge in [0, 0.05) is 16.6 Å². The van der Waals surface area contributed by atoms with Crippen LogP contribution in [0.3, 0.4) is 0 Å². The summed E-state index contributed by atoms with van der Waals surface area (Å²) in [4.78, 5) is 0. The van der Waals surface area contributed by atoms with Crippen LogP contribution in [-0.2, 0) is 0 Å². The average molecular weight is 355 g/mol. The highest BCUT2D eigenvalue weighted by molar-refractivity contribution is 9.10. The van der Waals surface area contributed by atoms with Crippen molar-refractivity contribution in [1.29, 1.82) is 0 Å². The maximum Gasteiger partial charge on any atom is 0.136 e. The SMILES string of the molecule is Cl.N[C@@H](c1c(Cl)ccc(Br)c1O)C1CCCCC1. The smallest absolute Gasteiger partial charge is 0.136 e. The number of benzene rings is 1. The molecule has 0 radical (unpaired) electrons. The van der Waals surface area contributed by atoms with Crippen molar-refractivity contribution < 1.29 is 5.11 Å². The molecule has 18 heavy (non-hydrogen) atoms. The van der Waals surface area contributed by atoms with E-state index in [1.54, 1.807) is 12.1 Å². The molecule has 0 unspecified atom stereocenters. The van der Waals surface area contributed by atoms with Crippen LogP contribution in [0.4, 0.5) is 0 Å². The number of phenolic OH excluding ortho intramolecular Hbond substituents is 1. The Balaban J connectivity index is 0.00000162. The minimum atomic E-state index is -0.166. The van der Waals surface area contributed by atoms with E-state index >= 15 is 0 Å². The molecule has 0 bridgehead atoms. The number of rotatable bonds is 2. The van der Waals surface area contributed by atoms with Crippen LogP contribution in [0.25, 0.3) is 0 Å².